The lowest BCUT2D eigenvalue weighted by atomic mass is 9.87. The maximum absolute atomic E-state index is 12.9. The van der Waals surface area contributed by atoms with Gasteiger partial charge >= 0.3 is 0 Å². The predicted octanol–water partition coefficient (Wildman–Crippen LogP) is 3.64. The molecule has 31 heavy (non-hydrogen) atoms. The van der Waals surface area contributed by atoms with Crippen LogP contribution in [0.1, 0.15) is 47.2 Å². The summed E-state index contributed by atoms with van der Waals surface area (Å²) in [6.07, 6.45) is 2.02. The molecule has 7 nitrogen and oxygen atoms in total. The van der Waals surface area contributed by atoms with E-state index in [0.717, 1.165) is 5.56 Å². The van der Waals surface area contributed by atoms with E-state index < -0.39 is 5.91 Å². The van der Waals surface area contributed by atoms with Crippen molar-refractivity contribution in [2.24, 2.45) is 5.92 Å². The summed E-state index contributed by atoms with van der Waals surface area (Å²) >= 11 is 6.13. The number of anilines is 1. The lowest BCUT2D eigenvalue weighted by molar-refractivity contribution is -0.121. The number of nitriles is 1. The van der Waals surface area contributed by atoms with Crippen molar-refractivity contribution in [1.29, 1.82) is 5.26 Å². The highest BCUT2D eigenvalue weighted by Gasteiger charge is 2.26. The molecule has 1 fully saturated rings. The van der Waals surface area contributed by atoms with Gasteiger partial charge in [0, 0.05) is 12.5 Å². The van der Waals surface area contributed by atoms with Crippen molar-refractivity contribution in [1.82, 2.24) is 5.32 Å². The van der Waals surface area contributed by atoms with Crippen molar-refractivity contribution in [3.63, 3.8) is 0 Å². The number of nitrogens with one attached hydrogen (secondary N) is 2. The molecule has 1 saturated carbocycles. The largest absolute Gasteiger partial charge is 0.495 e. The number of aliphatic hydroxyl groups is 1. The predicted molar refractivity (Wildman–Crippen MR) is 117 cm³/mol. The maximum atomic E-state index is 12.9. The Balaban J connectivity index is 1.73. The van der Waals surface area contributed by atoms with Gasteiger partial charge in [0.1, 0.15) is 5.75 Å². The fraction of sp³-hybridized carbons (Fsp3) is 0.348. The van der Waals surface area contributed by atoms with Crippen LogP contribution in [0.2, 0.25) is 5.02 Å². The molecule has 8 heteroatoms. The Labute approximate surface area is 186 Å². The summed E-state index contributed by atoms with van der Waals surface area (Å²) in [6.45, 7) is 0.216. The second kappa shape index (κ2) is 10.3. The van der Waals surface area contributed by atoms with Crippen LogP contribution in [0.3, 0.4) is 0 Å². The summed E-state index contributed by atoms with van der Waals surface area (Å²) in [5, 5.41) is 24.9. The number of carbonyl (C=O) groups excluding carboxylic acids is 2. The van der Waals surface area contributed by atoms with Gasteiger partial charge in [0.15, 0.2) is 0 Å². The highest BCUT2D eigenvalue weighted by molar-refractivity contribution is 6.32. The van der Waals surface area contributed by atoms with Crippen LogP contribution in [0.4, 0.5) is 5.69 Å². The third kappa shape index (κ3) is 5.75. The third-order valence-corrected chi connectivity index (χ3v) is 5.68. The number of halogens is 1. The van der Waals surface area contributed by atoms with E-state index in [0.29, 0.717) is 47.7 Å². The second-order valence-corrected chi connectivity index (χ2v) is 7.93. The first-order valence-electron chi connectivity index (χ1n) is 10.0. The van der Waals surface area contributed by atoms with Crippen molar-refractivity contribution in [3.05, 3.63) is 58.1 Å². The van der Waals surface area contributed by atoms with Crippen molar-refractivity contribution in [2.45, 2.75) is 38.3 Å². The fourth-order valence-electron chi connectivity index (χ4n) is 3.58. The van der Waals surface area contributed by atoms with Gasteiger partial charge in [0.2, 0.25) is 5.91 Å². The van der Waals surface area contributed by atoms with E-state index in [1.807, 2.05) is 6.07 Å². The first-order chi connectivity index (χ1) is 14.9. The minimum absolute atomic E-state index is 0.187. The van der Waals surface area contributed by atoms with Crippen molar-refractivity contribution in [3.8, 4) is 11.8 Å². The molecule has 1 aliphatic carbocycles. The molecular formula is C23H24ClN3O4. The lowest BCUT2D eigenvalue weighted by Crippen LogP contribution is -2.30. The number of benzene rings is 2. The maximum Gasteiger partial charge on any atom is 0.253 e. The zero-order valence-electron chi connectivity index (χ0n) is 17.2. The quantitative estimate of drug-likeness (QED) is 0.633. The van der Waals surface area contributed by atoms with Crippen molar-refractivity contribution in [2.75, 3.05) is 12.4 Å². The Morgan fingerprint density at radius 2 is 1.94 bits per heavy atom. The molecule has 0 saturated heterocycles. The molecule has 0 unspecified atom stereocenters. The van der Waals surface area contributed by atoms with E-state index in [1.54, 1.807) is 30.3 Å². The summed E-state index contributed by atoms with van der Waals surface area (Å²) in [7, 11) is 1.52. The highest BCUT2D eigenvalue weighted by Crippen LogP contribution is 2.27. The molecule has 0 bridgehead atoms. The minimum atomic E-state index is -0.418. The van der Waals surface area contributed by atoms with E-state index in [4.69, 9.17) is 16.3 Å². The molecule has 162 valence electrons. The minimum Gasteiger partial charge on any atom is -0.495 e. The topological polar surface area (TPSA) is 111 Å². The summed E-state index contributed by atoms with van der Waals surface area (Å²) in [4.78, 5) is 25.5. The monoisotopic (exact) mass is 441 g/mol. The molecule has 0 aromatic heterocycles. The van der Waals surface area contributed by atoms with Gasteiger partial charge < -0.3 is 20.5 Å². The first-order valence-corrected chi connectivity index (χ1v) is 10.4. The molecule has 1 aliphatic rings. The summed E-state index contributed by atoms with van der Waals surface area (Å²) < 4.78 is 5.12. The summed E-state index contributed by atoms with van der Waals surface area (Å²) in [5.41, 5.74) is 1.65. The van der Waals surface area contributed by atoms with E-state index in [2.05, 4.69) is 10.6 Å². The molecule has 0 spiro atoms. The van der Waals surface area contributed by atoms with E-state index >= 15 is 0 Å². The van der Waals surface area contributed by atoms with Gasteiger partial charge in [-0.2, -0.15) is 5.26 Å². The van der Waals surface area contributed by atoms with Gasteiger partial charge in [0.05, 0.1) is 41.1 Å². The van der Waals surface area contributed by atoms with Crippen LogP contribution in [-0.2, 0) is 11.3 Å². The third-order valence-electron chi connectivity index (χ3n) is 5.39. The number of amides is 2. The van der Waals surface area contributed by atoms with Crippen LogP contribution in [0.5, 0.6) is 5.75 Å². The summed E-state index contributed by atoms with van der Waals surface area (Å²) in [5.74, 6) is -0.277. The molecule has 2 amide bonds. The average molecular weight is 442 g/mol. The van der Waals surface area contributed by atoms with Crippen molar-refractivity contribution < 1.29 is 19.4 Å². The van der Waals surface area contributed by atoms with Gasteiger partial charge in [-0.15, -0.1) is 0 Å². The second-order valence-electron chi connectivity index (χ2n) is 7.52. The van der Waals surface area contributed by atoms with Gasteiger partial charge in [-0.3, -0.25) is 9.59 Å². The first kappa shape index (κ1) is 22.6. The van der Waals surface area contributed by atoms with Crippen LogP contribution in [0.15, 0.2) is 36.4 Å². The van der Waals surface area contributed by atoms with Crippen LogP contribution < -0.4 is 15.4 Å². The van der Waals surface area contributed by atoms with Crippen molar-refractivity contribution >= 4 is 29.1 Å². The number of methoxy groups -OCH3 is 1. The molecule has 2 aromatic rings. The molecular weight excluding hydrogens is 418 g/mol. The Kier molecular flexibility index (Phi) is 7.50. The zero-order chi connectivity index (χ0) is 22.4. The van der Waals surface area contributed by atoms with Gasteiger partial charge in [-0.25, -0.2) is 0 Å². The van der Waals surface area contributed by atoms with Gasteiger partial charge in [-0.05, 0) is 61.6 Å². The Morgan fingerprint density at radius 1 is 1.19 bits per heavy atom. The highest BCUT2D eigenvalue weighted by atomic mass is 35.5. The van der Waals surface area contributed by atoms with Crippen LogP contribution in [0, 0.1) is 17.2 Å². The van der Waals surface area contributed by atoms with Crippen LogP contribution in [-0.4, -0.2) is 30.1 Å². The smallest absolute Gasteiger partial charge is 0.253 e. The molecule has 3 N–H and O–H groups in total. The Bertz CT molecular complexity index is 1010. The fourth-order valence-corrected chi connectivity index (χ4v) is 3.86. The Morgan fingerprint density at radius 3 is 2.58 bits per heavy atom. The van der Waals surface area contributed by atoms with Crippen LogP contribution in [0.25, 0.3) is 0 Å². The lowest BCUT2D eigenvalue weighted by Gasteiger charge is -2.24. The molecule has 0 atom stereocenters. The van der Waals surface area contributed by atoms with E-state index in [1.165, 1.54) is 13.2 Å². The Hall–Kier alpha value is -3.08. The van der Waals surface area contributed by atoms with Crippen LogP contribution >= 0.6 is 11.6 Å². The standard InChI is InChI=1S/C23H24ClN3O4/c1-31-21-9-3-15(11-19(21)24)13-26-23(30)18-10-14(12-25)2-8-20(18)27-22(29)16-4-6-17(28)7-5-16/h2-3,8-11,16-17,28H,4-7,13H2,1H3,(H,26,30)(H,27,29)/t16-,17-. The zero-order valence-corrected chi connectivity index (χ0v) is 17.9. The average Bonchev–Trinajstić information content (AvgIpc) is 2.78. The number of hydrogen-bond donors (Lipinski definition) is 3. The SMILES string of the molecule is COc1ccc(CNC(=O)c2cc(C#N)ccc2NC(=O)[C@H]2CC[C@H](O)CC2)cc1Cl. The van der Waals surface area contributed by atoms with Gasteiger partial charge in [-0.1, -0.05) is 17.7 Å². The molecule has 0 aliphatic heterocycles. The number of carbonyl (C=O) groups is 2. The van der Waals surface area contributed by atoms with E-state index in [9.17, 15) is 20.0 Å². The molecule has 0 heterocycles. The molecule has 3 rings (SSSR count). The molecule has 0 radical (unpaired) electrons. The summed E-state index contributed by atoms with van der Waals surface area (Å²) in [6, 6.07) is 11.8. The number of ether oxygens (including phenoxy) is 1. The number of aliphatic hydroxyl groups excluding tert-OH is 1. The van der Waals surface area contributed by atoms with Gasteiger partial charge in [0.25, 0.3) is 5.91 Å². The molecule has 2 aromatic carbocycles. The normalized spacial score (nSPS) is 18.0. The number of nitrogens with zero attached hydrogens (tertiary/aromatic N) is 1. The van der Waals surface area contributed by atoms with E-state index in [-0.39, 0.29) is 30.0 Å². The number of rotatable bonds is 6. The number of hydrogen-bond acceptors (Lipinski definition) is 5.